The summed E-state index contributed by atoms with van der Waals surface area (Å²) >= 11 is 0. The van der Waals surface area contributed by atoms with Gasteiger partial charge >= 0.3 is 0 Å². The Morgan fingerprint density at radius 2 is 2.26 bits per heavy atom. The minimum absolute atomic E-state index is 0.0168. The first-order valence-electron chi connectivity index (χ1n) is 6.19. The van der Waals surface area contributed by atoms with Crippen LogP contribution in [0.2, 0.25) is 0 Å². The van der Waals surface area contributed by atoms with Gasteiger partial charge in [-0.2, -0.15) is 0 Å². The fraction of sp³-hybridized carbons (Fsp3) is 0.357. The van der Waals surface area contributed by atoms with E-state index in [9.17, 15) is 9.50 Å². The van der Waals surface area contributed by atoms with Crippen LogP contribution in [-0.4, -0.2) is 28.8 Å². The number of hydrogen-bond donors (Lipinski definition) is 2. The highest BCUT2D eigenvalue weighted by Gasteiger charge is 2.13. The number of benzene rings is 1. The summed E-state index contributed by atoms with van der Waals surface area (Å²) in [6, 6.07) is 4.74. The maximum atomic E-state index is 13.6. The first kappa shape index (κ1) is 13.5. The minimum Gasteiger partial charge on any atom is -0.494 e. The standard InChI is InChI=1S/C14H17FN2O2/c1-3-9(8-18)14-16-7-12(17-14)10-4-5-13(19-2)11(15)6-10/h4-7,9,18H,3,8H2,1-2H3,(H,16,17). The number of aromatic amines is 1. The summed E-state index contributed by atoms with van der Waals surface area (Å²) in [5.74, 6) is 0.503. The molecule has 0 radical (unpaired) electrons. The molecule has 1 aromatic heterocycles. The summed E-state index contributed by atoms with van der Waals surface area (Å²) in [5.41, 5.74) is 1.42. The molecule has 0 saturated carbocycles. The van der Waals surface area contributed by atoms with Crippen LogP contribution < -0.4 is 4.74 Å². The number of ether oxygens (including phenoxy) is 1. The third-order valence-corrected chi connectivity index (χ3v) is 3.16. The molecule has 0 spiro atoms. The van der Waals surface area contributed by atoms with E-state index in [0.29, 0.717) is 5.56 Å². The number of aliphatic hydroxyl groups excluding tert-OH is 1. The van der Waals surface area contributed by atoms with E-state index in [1.54, 1.807) is 18.3 Å². The highest BCUT2D eigenvalue weighted by molar-refractivity contribution is 5.60. The molecular formula is C14H17FN2O2. The number of aliphatic hydroxyl groups is 1. The molecule has 1 unspecified atom stereocenters. The maximum Gasteiger partial charge on any atom is 0.165 e. The predicted molar refractivity (Wildman–Crippen MR) is 70.7 cm³/mol. The molecule has 2 N–H and O–H groups in total. The number of nitrogens with zero attached hydrogens (tertiary/aromatic N) is 1. The fourth-order valence-corrected chi connectivity index (χ4v) is 1.93. The molecule has 1 heterocycles. The summed E-state index contributed by atoms with van der Waals surface area (Å²) in [7, 11) is 1.43. The molecule has 2 rings (SSSR count). The van der Waals surface area contributed by atoms with Crippen LogP contribution in [0.5, 0.6) is 5.75 Å². The zero-order valence-corrected chi connectivity index (χ0v) is 11.0. The zero-order chi connectivity index (χ0) is 13.8. The molecule has 0 amide bonds. The lowest BCUT2D eigenvalue weighted by Crippen LogP contribution is -2.04. The summed E-state index contributed by atoms with van der Waals surface area (Å²) in [6.45, 7) is 2.02. The van der Waals surface area contributed by atoms with Crippen LogP contribution in [0, 0.1) is 5.82 Å². The van der Waals surface area contributed by atoms with E-state index in [1.807, 2.05) is 6.92 Å². The van der Waals surface area contributed by atoms with Crippen LogP contribution in [0.1, 0.15) is 25.1 Å². The van der Waals surface area contributed by atoms with Gasteiger partial charge in [-0.05, 0) is 24.6 Å². The van der Waals surface area contributed by atoms with E-state index < -0.39 is 5.82 Å². The van der Waals surface area contributed by atoms with E-state index in [2.05, 4.69) is 9.97 Å². The first-order valence-corrected chi connectivity index (χ1v) is 6.19. The van der Waals surface area contributed by atoms with Gasteiger partial charge in [0.25, 0.3) is 0 Å². The number of imidazole rings is 1. The summed E-state index contributed by atoms with van der Waals surface area (Å²) in [4.78, 5) is 7.36. The molecular weight excluding hydrogens is 247 g/mol. The van der Waals surface area contributed by atoms with Gasteiger partial charge in [-0.3, -0.25) is 0 Å². The summed E-state index contributed by atoms with van der Waals surface area (Å²) in [6.07, 6.45) is 2.44. The lowest BCUT2D eigenvalue weighted by Gasteiger charge is -2.07. The third kappa shape index (κ3) is 2.76. The molecule has 102 valence electrons. The SMILES string of the molecule is CCC(CO)c1ncc(-c2ccc(OC)c(F)c2)[nH]1. The zero-order valence-electron chi connectivity index (χ0n) is 11.0. The molecule has 2 aromatic rings. The summed E-state index contributed by atoms with van der Waals surface area (Å²) in [5, 5.41) is 9.24. The molecule has 0 aliphatic rings. The van der Waals surface area contributed by atoms with Gasteiger partial charge in [0.1, 0.15) is 5.82 Å². The molecule has 0 saturated heterocycles. The van der Waals surface area contributed by atoms with Gasteiger partial charge in [-0.15, -0.1) is 0 Å². The van der Waals surface area contributed by atoms with E-state index in [1.165, 1.54) is 13.2 Å². The first-order chi connectivity index (χ1) is 9.19. The van der Waals surface area contributed by atoms with Crippen molar-refractivity contribution in [2.24, 2.45) is 0 Å². The Bertz CT molecular complexity index is 550. The van der Waals surface area contributed by atoms with Crippen LogP contribution in [-0.2, 0) is 0 Å². The average Bonchev–Trinajstić information content (AvgIpc) is 2.90. The lowest BCUT2D eigenvalue weighted by atomic mass is 10.1. The highest BCUT2D eigenvalue weighted by atomic mass is 19.1. The monoisotopic (exact) mass is 264 g/mol. The number of methoxy groups -OCH3 is 1. The number of hydrogen-bond acceptors (Lipinski definition) is 3. The fourth-order valence-electron chi connectivity index (χ4n) is 1.93. The molecule has 0 bridgehead atoms. The molecule has 0 fully saturated rings. The Labute approximate surface area is 111 Å². The van der Waals surface area contributed by atoms with Crippen molar-refractivity contribution in [1.29, 1.82) is 0 Å². The topological polar surface area (TPSA) is 58.1 Å². The van der Waals surface area contributed by atoms with Gasteiger partial charge in [0, 0.05) is 11.5 Å². The van der Waals surface area contributed by atoms with Crippen molar-refractivity contribution < 1.29 is 14.2 Å². The third-order valence-electron chi connectivity index (χ3n) is 3.16. The predicted octanol–water partition coefficient (Wildman–Crippen LogP) is 2.71. The smallest absolute Gasteiger partial charge is 0.165 e. The van der Waals surface area contributed by atoms with Crippen LogP contribution in [0.15, 0.2) is 24.4 Å². The Hall–Kier alpha value is -1.88. The van der Waals surface area contributed by atoms with Gasteiger partial charge in [0.05, 0.1) is 25.6 Å². The molecule has 0 aliphatic heterocycles. The van der Waals surface area contributed by atoms with Crippen LogP contribution in [0.3, 0.4) is 0 Å². The quantitative estimate of drug-likeness (QED) is 0.873. The van der Waals surface area contributed by atoms with Crippen molar-refractivity contribution in [1.82, 2.24) is 9.97 Å². The molecule has 5 heteroatoms. The largest absolute Gasteiger partial charge is 0.494 e. The van der Waals surface area contributed by atoms with Crippen LogP contribution in [0.25, 0.3) is 11.3 Å². The second-order valence-electron chi connectivity index (χ2n) is 4.32. The summed E-state index contributed by atoms with van der Waals surface area (Å²) < 4.78 is 18.5. The Kier molecular flexibility index (Phi) is 4.16. The van der Waals surface area contributed by atoms with Gasteiger partial charge in [0.2, 0.25) is 0 Å². The second-order valence-corrected chi connectivity index (χ2v) is 4.32. The lowest BCUT2D eigenvalue weighted by molar-refractivity contribution is 0.258. The number of H-pyrrole nitrogens is 1. The number of aromatic nitrogens is 2. The molecule has 0 aliphatic carbocycles. The Morgan fingerprint density at radius 1 is 1.47 bits per heavy atom. The second kappa shape index (κ2) is 5.84. The number of rotatable bonds is 5. The van der Waals surface area contributed by atoms with E-state index in [4.69, 9.17) is 4.74 Å². The molecule has 1 aromatic carbocycles. The van der Waals surface area contributed by atoms with Crippen LogP contribution in [0.4, 0.5) is 4.39 Å². The Balaban J connectivity index is 2.30. The Morgan fingerprint density at radius 3 is 2.84 bits per heavy atom. The average molecular weight is 264 g/mol. The number of halogens is 1. The van der Waals surface area contributed by atoms with Crippen molar-refractivity contribution in [2.75, 3.05) is 13.7 Å². The van der Waals surface area contributed by atoms with Gasteiger partial charge in [-0.1, -0.05) is 6.92 Å². The van der Waals surface area contributed by atoms with E-state index in [0.717, 1.165) is 17.9 Å². The maximum absolute atomic E-state index is 13.6. The van der Waals surface area contributed by atoms with Gasteiger partial charge < -0.3 is 14.8 Å². The number of nitrogens with one attached hydrogen (secondary N) is 1. The van der Waals surface area contributed by atoms with Crippen molar-refractivity contribution in [2.45, 2.75) is 19.3 Å². The van der Waals surface area contributed by atoms with Crippen molar-refractivity contribution in [3.05, 3.63) is 36.0 Å². The molecule has 1 atom stereocenters. The van der Waals surface area contributed by atoms with E-state index in [-0.39, 0.29) is 18.3 Å². The minimum atomic E-state index is -0.412. The van der Waals surface area contributed by atoms with Crippen LogP contribution >= 0.6 is 0 Å². The highest BCUT2D eigenvalue weighted by Crippen LogP contribution is 2.26. The van der Waals surface area contributed by atoms with Crippen molar-refractivity contribution in [3.8, 4) is 17.0 Å². The van der Waals surface area contributed by atoms with Gasteiger partial charge in [-0.25, -0.2) is 9.37 Å². The van der Waals surface area contributed by atoms with Crippen molar-refractivity contribution in [3.63, 3.8) is 0 Å². The van der Waals surface area contributed by atoms with Gasteiger partial charge in [0.15, 0.2) is 11.6 Å². The normalized spacial score (nSPS) is 12.4. The van der Waals surface area contributed by atoms with E-state index >= 15 is 0 Å². The molecule has 4 nitrogen and oxygen atoms in total. The van der Waals surface area contributed by atoms with Crippen molar-refractivity contribution >= 4 is 0 Å². The molecule has 19 heavy (non-hydrogen) atoms.